The smallest absolute Gasteiger partial charge is 0.224 e. The molecule has 0 fully saturated rings. The predicted molar refractivity (Wildman–Crippen MR) is 98.3 cm³/mol. The minimum atomic E-state index is -0.147. The van der Waals surface area contributed by atoms with Crippen molar-refractivity contribution in [2.45, 2.75) is 13.0 Å². The van der Waals surface area contributed by atoms with E-state index in [1.165, 1.54) is 5.56 Å². The molecule has 4 rings (SSSR count). The van der Waals surface area contributed by atoms with Gasteiger partial charge in [-0.15, -0.1) is 0 Å². The number of para-hydroxylation sites is 1. The summed E-state index contributed by atoms with van der Waals surface area (Å²) in [5.74, 6) is 0.0249. The van der Waals surface area contributed by atoms with Crippen LogP contribution in [-0.4, -0.2) is 5.91 Å². The minimum absolute atomic E-state index is 0.0249. The fourth-order valence-electron chi connectivity index (χ4n) is 3.50. The number of anilines is 1. The van der Waals surface area contributed by atoms with E-state index in [4.69, 9.17) is 11.6 Å². The van der Waals surface area contributed by atoms with Crippen LogP contribution in [0, 0.1) is 0 Å². The first-order valence-corrected chi connectivity index (χ1v) is 8.28. The summed E-state index contributed by atoms with van der Waals surface area (Å²) in [4.78, 5) is 14.4. The van der Waals surface area contributed by atoms with E-state index in [0.717, 1.165) is 22.4 Å². The SMILES string of the molecule is CC(=O)N1c2ccccc2-c2ccccc2[C@@H]1c1ccc(Cl)cc1. The third-order valence-electron chi connectivity index (χ3n) is 4.49. The van der Waals surface area contributed by atoms with Gasteiger partial charge >= 0.3 is 0 Å². The summed E-state index contributed by atoms with van der Waals surface area (Å²) in [6.07, 6.45) is 0. The van der Waals surface area contributed by atoms with Crippen molar-refractivity contribution in [3.05, 3.63) is 88.9 Å². The van der Waals surface area contributed by atoms with Crippen LogP contribution >= 0.6 is 11.6 Å². The zero-order valence-electron chi connectivity index (χ0n) is 13.2. The lowest BCUT2D eigenvalue weighted by Gasteiger charge is -2.38. The molecule has 3 aromatic carbocycles. The normalized spacial score (nSPS) is 15.6. The molecule has 0 unspecified atom stereocenters. The number of carbonyl (C=O) groups excluding carboxylic acids is 1. The highest BCUT2D eigenvalue weighted by Crippen LogP contribution is 2.47. The lowest BCUT2D eigenvalue weighted by molar-refractivity contribution is -0.116. The minimum Gasteiger partial charge on any atom is -0.300 e. The van der Waals surface area contributed by atoms with Crippen LogP contribution in [0.3, 0.4) is 0 Å². The quantitative estimate of drug-likeness (QED) is 0.578. The molecule has 1 atom stereocenters. The predicted octanol–water partition coefficient (Wildman–Crippen LogP) is 5.46. The standard InChI is InChI=1S/C21H16ClNO/c1-14(24)23-20-9-5-4-7-18(20)17-6-2-3-8-19(17)21(23)15-10-12-16(22)13-11-15/h2-13,21H,1H3/t21-/m0/s1. The van der Waals surface area contributed by atoms with Gasteiger partial charge in [0, 0.05) is 17.5 Å². The number of halogens is 1. The number of benzene rings is 3. The Kier molecular flexibility index (Phi) is 3.62. The molecule has 0 N–H and O–H groups in total. The van der Waals surface area contributed by atoms with E-state index in [1.807, 2.05) is 59.5 Å². The van der Waals surface area contributed by atoms with Gasteiger partial charge in [0.2, 0.25) is 5.91 Å². The van der Waals surface area contributed by atoms with Gasteiger partial charge in [0.25, 0.3) is 0 Å². The number of nitrogens with zero attached hydrogens (tertiary/aromatic N) is 1. The molecule has 0 bridgehead atoms. The van der Waals surface area contributed by atoms with Crippen LogP contribution in [0.25, 0.3) is 11.1 Å². The molecule has 0 saturated carbocycles. The molecule has 3 aromatic rings. The molecule has 1 amide bonds. The summed E-state index contributed by atoms with van der Waals surface area (Å²) in [5.41, 5.74) is 5.40. The van der Waals surface area contributed by atoms with Crippen LogP contribution in [0.1, 0.15) is 24.1 Å². The number of hydrogen-bond acceptors (Lipinski definition) is 1. The molecule has 3 heteroatoms. The lowest BCUT2D eigenvalue weighted by Crippen LogP contribution is -2.36. The zero-order valence-corrected chi connectivity index (χ0v) is 14.0. The highest BCUT2D eigenvalue weighted by molar-refractivity contribution is 6.30. The second kappa shape index (κ2) is 5.81. The average Bonchev–Trinajstić information content (AvgIpc) is 2.61. The molecule has 0 radical (unpaired) electrons. The van der Waals surface area contributed by atoms with Gasteiger partial charge in [-0.2, -0.15) is 0 Å². The van der Waals surface area contributed by atoms with Gasteiger partial charge in [0.05, 0.1) is 11.7 Å². The van der Waals surface area contributed by atoms with E-state index in [2.05, 4.69) is 18.2 Å². The van der Waals surface area contributed by atoms with Crippen LogP contribution in [0.2, 0.25) is 5.02 Å². The zero-order chi connectivity index (χ0) is 16.7. The molecule has 1 aliphatic heterocycles. The maximum absolute atomic E-state index is 12.5. The second-order valence-electron chi connectivity index (χ2n) is 5.95. The monoisotopic (exact) mass is 333 g/mol. The lowest BCUT2D eigenvalue weighted by atomic mass is 9.85. The third-order valence-corrected chi connectivity index (χ3v) is 4.74. The van der Waals surface area contributed by atoms with Crippen molar-refractivity contribution >= 4 is 23.2 Å². The Morgan fingerprint density at radius 1 is 0.875 bits per heavy atom. The molecule has 0 spiro atoms. The fourth-order valence-corrected chi connectivity index (χ4v) is 3.62. The molecule has 2 nitrogen and oxygen atoms in total. The van der Waals surface area contributed by atoms with Gasteiger partial charge in [-0.3, -0.25) is 4.79 Å². The molecule has 24 heavy (non-hydrogen) atoms. The van der Waals surface area contributed by atoms with E-state index in [9.17, 15) is 4.79 Å². The van der Waals surface area contributed by atoms with Crippen LogP contribution in [0.5, 0.6) is 0 Å². The summed E-state index contributed by atoms with van der Waals surface area (Å²) < 4.78 is 0. The molecule has 0 aliphatic carbocycles. The molecule has 0 aromatic heterocycles. The molecular formula is C21H16ClNO. The van der Waals surface area contributed by atoms with Crippen LogP contribution in [0.15, 0.2) is 72.8 Å². The molecule has 118 valence electrons. The van der Waals surface area contributed by atoms with E-state index < -0.39 is 0 Å². The van der Waals surface area contributed by atoms with Gasteiger partial charge < -0.3 is 4.90 Å². The van der Waals surface area contributed by atoms with Crippen molar-refractivity contribution in [3.63, 3.8) is 0 Å². The van der Waals surface area contributed by atoms with Crippen molar-refractivity contribution < 1.29 is 4.79 Å². The molecule has 1 aliphatic rings. The van der Waals surface area contributed by atoms with Crippen LogP contribution in [-0.2, 0) is 4.79 Å². The van der Waals surface area contributed by atoms with E-state index in [1.54, 1.807) is 6.92 Å². The van der Waals surface area contributed by atoms with E-state index >= 15 is 0 Å². The Labute approximate surface area is 146 Å². The average molecular weight is 334 g/mol. The molecule has 0 saturated heterocycles. The highest BCUT2D eigenvalue weighted by Gasteiger charge is 2.33. The van der Waals surface area contributed by atoms with Gasteiger partial charge in [0.15, 0.2) is 0 Å². The Morgan fingerprint density at radius 3 is 2.21 bits per heavy atom. The fraction of sp³-hybridized carbons (Fsp3) is 0.0952. The Balaban J connectivity index is 2.01. The van der Waals surface area contributed by atoms with E-state index in [-0.39, 0.29) is 11.9 Å². The first-order chi connectivity index (χ1) is 11.7. The number of fused-ring (bicyclic) bond motifs is 3. The summed E-state index contributed by atoms with van der Waals surface area (Å²) in [7, 11) is 0. The van der Waals surface area contributed by atoms with E-state index in [0.29, 0.717) is 5.02 Å². The summed E-state index contributed by atoms with van der Waals surface area (Å²) in [6.45, 7) is 1.62. The Morgan fingerprint density at radius 2 is 1.50 bits per heavy atom. The number of rotatable bonds is 1. The maximum Gasteiger partial charge on any atom is 0.224 e. The topological polar surface area (TPSA) is 20.3 Å². The van der Waals surface area contributed by atoms with Crippen molar-refractivity contribution in [2.24, 2.45) is 0 Å². The van der Waals surface area contributed by atoms with Crippen LogP contribution in [0.4, 0.5) is 5.69 Å². The number of amides is 1. The molecule has 1 heterocycles. The number of hydrogen-bond donors (Lipinski definition) is 0. The van der Waals surface area contributed by atoms with Crippen molar-refractivity contribution in [2.75, 3.05) is 4.90 Å². The first kappa shape index (κ1) is 15.0. The van der Waals surface area contributed by atoms with Crippen molar-refractivity contribution in [1.29, 1.82) is 0 Å². The Bertz CT molecular complexity index is 917. The van der Waals surface area contributed by atoms with Crippen molar-refractivity contribution in [1.82, 2.24) is 0 Å². The van der Waals surface area contributed by atoms with Gasteiger partial charge in [-0.25, -0.2) is 0 Å². The van der Waals surface area contributed by atoms with Gasteiger partial charge in [0.1, 0.15) is 0 Å². The Hall–Kier alpha value is -2.58. The molecular weight excluding hydrogens is 318 g/mol. The largest absolute Gasteiger partial charge is 0.300 e. The van der Waals surface area contributed by atoms with Crippen molar-refractivity contribution in [3.8, 4) is 11.1 Å². The summed E-state index contributed by atoms with van der Waals surface area (Å²) >= 11 is 6.05. The highest BCUT2D eigenvalue weighted by atomic mass is 35.5. The van der Waals surface area contributed by atoms with Crippen LogP contribution < -0.4 is 4.90 Å². The summed E-state index contributed by atoms with van der Waals surface area (Å²) in [5, 5.41) is 0.692. The first-order valence-electron chi connectivity index (χ1n) is 7.90. The van der Waals surface area contributed by atoms with Gasteiger partial charge in [-0.1, -0.05) is 66.2 Å². The van der Waals surface area contributed by atoms with Gasteiger partial charge in [-0.05, 0) is 34.9 Å². The third kappa shape index (κ3) is 2.31. The maximum atomic E-state index is 12.5. The second-order valence-corrected chi connectivity index (χ2v) is 6.38. The summed E-state index contributed by atoms with van der Waals surface area (Å²) in [6, 6.07) is 23.9. The number of carbonyl (C=O) groups is 1.